The van der Waals surface area contributed by atoms with Crippen LogP contribution in [0.2, 0.25) is 0 Å². The number of rotatable bonds is 7. The molecule has 0 atom stereocenters. The summed E-state index contributed by atoms with van der Waals surface area (Å²) in [4.78, 5) is 34.9. The fraction of sp³-hybridized carbons (Fsp3) is 0.538. The quantitative estimate of drug-likeness (QED) is 0.501. The van der Waals surface area contributed by atoms with Crippen LogP contribution in [0.25, 0.3) is 10.2 Å². The van der Waals surface area contributed by atoms with Gasteiger partial charge in [-0.2, -0.15) is 5.10 Å². The Balaban J connectivity index is 1.31. The minimum atomic E-state index is -0.0448. The standard InChI is InChI=1S/C26H33N5O3S/c1-18(2)9-12-31-21-10-11-30(17-19(21)25(28-31)26(33)29-13-15-34-16-14-29)24(32)8-7-23-27-20-5-3-4-6-22(20)35-23/h3-6,18H,7-17H2,1-2H3. The largest absolute Gasteiger partial charge is 0.378 e. The van der Waals surface area contributed by atoms with Gasteiger partial charge in [0, 0.05) is 63.2 Å². The van der Waals surface area contributed by atoms with Gasteiger partial charge < -0.3 is 14.5 Å². The lowest BCUT2D eigenvalue weighted by Crippen LogP contribution is -2.42. The molecule has 0 radical (unpaired) electrons. The van der Waals surface area contributed by atoms with Gasteiger partial charge in [-0.25, -0.2) is 4.98 Å². The van der Waals surface area contributed by atoms with E-state index in [0.29, 0.717) is 63.8 Å². The second-order valence-corrected chi connectivity index (χ2v) is 10.8. The van der Waals surface area contributed by atoms with Crippen molar-refractivity contribution < 1.29 is 14.3 Å². The predicted molar refractivity (Wildman–Crippen MR) is 135 cm³/mol. The van der Waals surface area contributed by atoms with E-state index in [-0.39, 0.29) is 11.8 Å². The normalized spacial score (nSPS) is 16.2. The van der Waals surface area contributed by atoms with Gasteiger partial charge in [-0.3, -0.25) is 14.3 Å². The first-order chi connectivity index (χ1) is 17.0. The third-order valence-corrected chi connectivity index (χ3v) is 7.89. The first kappa shape index (κ1) is 23.9. The molecule has 1 fully saturated rings. The maximum Gasteiger partial charge on any atom is 0.274 e. The average molecular weight is 496 g/mol. The number of carbonyl (C=O) groups excluding carboxylic acids is 2. The van der Waals surface area contributed by atoms with Crippen molar-refractivity contribution in [3.63, 3.8) is 0 Å². The van der Waals surface area contributed by atoms with Gasteiger partial charge in [-0.05, 0) is 24.5 Å². The molecule has 2 aliphatic rings. The number of hydrogen-bond donors (Lipinski definition) is 0. The second kappa shape index (κ2) is 10.5. The summed E-state index contributed by atoms with van der Waals surface area (Å²) in [5, 5.41) is 5.78. The molecule has 0 saturated carbocycles. The van der Waals surface area contributed by atoms with E-state index in [0.717, 1.165) is 45.9 Å². The molecular formula is C26H33N5O3S. The van der Waals surface area contributed by atoms with Crippen molar-refractivity contribution in [1.29, 1.82) is 0 Å². The highest BCUT2D eigenvalue weighted by atomic mass is 32.1. The van der Waals surface area contributed by atoms with Gasteiger partial charge in [0.05, 0.1) is 28.4 Å². The molecule has 186 valence electrons. The highest BCUT2D eigenvalue weighted by Gasteiger charge is 2.32. The maximum absolute atomic E-state index is 13.4. The molecule has 9 heteroatoms. The fourth-order valence-electron chi connectivity index (χ4n) is 4.76. The summed E-state index contributed by atoms with van der Waals surface area (Å²) in [6, 6.07) is 8.07. The molecule has 1 saturated heterocycles. The van der Waals surface area contributed by atoms with Crippen LogP contribution in [0.4, 0.5) is 0 Å². The Morgan fingerprint density at radius 2 is 1.91 bits per heavy atom. The van der Waals surface area contributed by atoms with Crippen LogP contribution >= 0.6 is 11.3 Å². The Labute approximate surface area is 209 Å². The molecular weight excluding hydrogens is 462 g/mol. The van der Waals surface area contributed by atoms with Gasteiger partial charge in [0.15, 0.2) is 5.69 Å². The van der Waals surface area contributed by atoms with E-state index >= 15 is 0 Å². The van der Waals surface area contributed by atoms with Crippen LogP contribution in [0.5, 0.6) is 0 Å². The third-order valence-electron chi connectivity index (χ3n) is 6.80. The number of morpholine rings is 1. The topological polar surface area (TPSA) is 80.6 Å². The average Bonchev–Trinajstić information content (AvgIpc) is 3.46. The molecule has 2 amide bonds. The molecule has 0 bridgehead atoms. The molecule has 0 N–H and O–H groups in total. The summed E-state index contributed by atoms with van der Waals surface area (Å²) in [6.45, 7) is 8.56. The Bertz CT molecular complexity index is 1180. The van der Waals surface area contributed by atoms with Gasteiger partial charge in [0.2, 0.25) is 5.91 Å². The Hall–Kier alpha value is -2.78. The van der Waals surface area contributed by atoms with Crippen molar-refractivity contribution >= 4 is 33.4 Å². The summed E-state index contributed by atoms with van der Waals surface area (Å²) in [5.41, 5.74) is 3.53. The van der Waals surface area contributed by atoms with Crippen molar-refractivity contribution in [2.45, 2.75) is 52.6 Å². The molecule has 0 unspecified atom stereocenters. The molecule has 0 spiro atoms. The van der Waals surface area contributed by atoms with E-state index < -0.39 is 0 Å². The van der Waals surface area contributed by atoms with Crippen LogP contribution < -0.4 is 0 Å². The number of para-hydroxylation sites is 1. The highest BCUT2D eigenvalue weighted by Crippen LogP contribution is 2.27. The number of benzene rings is 1. The zero-order valence-corrected chi connectivity index (χ0v) is 21.4. The van der Waals surface area contributed by atoms with Gasteiger partial charge in [0.25, 0.3) is 5.91 Å². The number of ether oxygens (including phenoxy) is 1. The molecule has 3 aromatic rings. The minimum absolute atomic E-state index is 0.0448. The van der Waals surface area contributed by atoms with Gasteiger partial charge in [0.1, 0.15) is 0 Å². The van der Waals surface area contributed by atoms with Gasteiger partial charge >= 0.3 is 0 Å². The van der Waals surface area contributed by atoms with E-state index in [2.05, 4.69) is 24.9 Å². The van der Waals surface area contributed by atoms with Crippen molar-refractivity contribution in [1.82, 2.24) is 24.6 Å². The van der Waals surface area contributed by atoms with Crippen LogP contribution in [-0.4, -0.2) is 69.2 Å². The van der Waals surface area contributed by atoms with E-state index in [1.807, 2.05) is 32.7 Å². The molecule has 4 heterocycles. The number of carbonyl (C=O) groups is 2. The first-order valence-corrected chi connectivity index (χ1v) is 13.4. The SMILES string of the molecule is CC(C)CCn1nc(C(=O)N2CCOCC2)c2c1CCN(C(=O)CCc1nc3ccccc3s1)C2. The van der Waals surface area contributed by atoms with Crippen LogP contribution in [-0.2, 0) is 35.5 Å². The first-order valence-electron chi connectivity index (χ1n) is 12.6. The molecule has 5 rings (SSSR count). The van der Waals surface area contributed by atoms with Crippen LogP contribution in [0, 0.1) is 5.92 Å². The number of fused-ring (bicyclic) bond motifs is 2. The number of amides is 2. The summed E-state index contributed by atoms with van der Waals surface area (Å²) in [5.74, 6) is 0.614. The molecule has 2 aliphatic heterocycles. The third kappa shape index (κ3) is 5.26. The Kier molecular flexibility index (Phi) is 7.15. The van der Waals surface area contributed by atoms with E-state index in [9.17, 15) is 9.59 Å². The summed E-state index contributed by atoms with van der Waals surface area (Å²) >= 11 is 1.65. The summed E-state index contributed by atoms with van der Waals surface area (Å²) in [7, 11) is 0. The second-order valence-electron chi connectivity index (χ2n) is 9.72. The maximum atomic E-state index is 13.4. The predicted octanol–water partition coefficient (Wildman–Crippen LogP) is 3.53. The number of thiazole rings is 1. The smallest absolute Gasteiger partial charge is 0.274 e. The summed E-state index contributed by atoms with van der Waals surface area (Å²) in [6.07, 6.45) is 2.78. The monoisotopic (exact) mass is 495 g/mol. The number of aryl methyl sites for hydroxylation is 2. The van der Waals surface area contributed by atoms with Crippen molar-refractivity contribution in [3.8, 4) is 0 Å². The van der Waals surface area contributed by atoms with E-state index in [1.54, 1.807) is 11.3 Å². The lowest BCUT2D eigenvalue weighted by molar-refractivity contribution is -0.132. The molecule has 8 nitrogen and oxygen atoms in total. The van der Waals surface area contributed by atoms with Gasteiger partial charge in [-0.1, -0.05) is 26.0 Å². The zero-order chi connectivity index (χ0) is 24.4. The van der Waals surface area contributed by atoms with E-state index in [1.165, 1.54) is 0 Å². The van der Waals surface area contributed by atoms with Crippen LogP contribution in [0.3, 0.4) is 0 Å². The zero-order valence-electron chi connectivity index (χ0n) is 20.5. The minimum Gasteiger partial charge on any atom is -0.378 e. The van der Waals surface area contributed by atoms with Crippen LogP contribution in [0.15, 0.2) is 24.3 Å². The number of hydrogen-bond acceptors (Lipinski definition) is 6. The lowest BCUT2D eigenvalue weighted by Gasteiger charge is -2.29. The molecule has 0 aliphatic carbocycles. The van der Waals surface area contributed by atoms with Crippen molar-refractivity contribution in [2.24, 2.45) is 5.92 Å². The molecule has 1 aromatic carbocycles. The fourth-order valence-corrected chi connectivity index (χ4v) is 5.72. The van der Waals surface area contributed by atoms with E-state index in [4.69, 9.17) is 9.84 Å². The van der Waals surface area contributed by atoms with Crippen LogP contribution in [0.1, 0.15) is 53.4 Å². The summed E-state index contributed by atoms with van der Waals surface area (Å²) < 4.78 is 8.59. The molecule has 35 heavy (non-hydrogen) atoms. The highest BCUT2D eigenvalue weighted by molar-refractivity contribution is 7.18. The van der Waals surface area contributed by atoms with Crippen molar-refractivity contribution in [2.75, 3.05) is 32.8 Å². The molecule has 2 aromatic heterocycles. The number of nitrogens with zero attached hydrogens (tertiary/aromatic N) is 5. The number of aromatic nitrogens is 3. The van der Waals surface area contributed by atoms with Crippen molar-refractivity contribution in [3.05, 3.63) is 46.2 Å². The van der Waals surface area contributed by atoms with Gasteiger partial charge in [-0.15, -0.1) is 11.3 Å². The Morgan fingerprint density at radius 3 is 2.69 bits per heavy atom. The Morgan fingerprint density at radius 1 is 1.11 bits per heavy atom. The lowest BCUT2D eigenvalue weighted by atomic mass is 10.0.